The van der Waals surface area contributed by atoms with Crippen LogP contribution in [0.1, 0.15) is 54.9 Å². The van der Waals surface area contributed by atoms with Gasteiger partial charge in [0.2, 0.25) is 0 Å². The van der Waals surface area contributed by atoms with Gasteiger partial charge in [0.1, 0.15) is 5.78 Å². The van der Waals surface area contributed by atoms with Crippen LogP contribution in [-0.4, -0.2) is 54.2 Å². The highest BCUT2D eigenvalue weighted by molar-refractivity contribution is 6.05. The summed E-state index contributed by atoms with van der Waals surface area (Å²) in [5.41, 5.74) is -2.71. The third-order valence-electron chi connectivity index (χ3n) is 3.57. The molecule has 8 nitrogen and oxygen atoms in total. The van der Waals surface area contributed by atoms with Gasteiger partial charge in [-0.2, -0.15) is 0 Å². The highest BCUT2D eigenvalue weighted by Gasteiger charge is 2.54. The summed E-state index contributed by atoms with van der Waals surface area (Å²) in [4.78, 5) is 49.4. The molecule has 0 aliphatic heterocycles. The summed E-state index contributed by atoms with van der Waals surface area (Å²) < 4.78 is 15.1. The number of Topliss-reactive ketones (excluding diaryl/α,β-unsaturated/α-hetero) is 1. The van der Waals surface area contributed by atoms with Gasteiger partial charge in [-0.25, -0.2) is 4.79 Å². The van der Waals surface area contributed by atoms with Crippen molar-refractivity contribution >= 4 is 23.7 Å². The Morgan fingerprint density at radius 1 is 0.786 bits per heavy atom. The van der Waals surface area contributed by atoms with Gasteiger partial charge in [-0.1, -0.05) is 41.5 Å². The lowest BCUT2D eigenvalue weighted by molar-refractivity contribution is -0.188. The first-order chi connectivity index (χ1) is 12.8. The summed E-state index contributed by atoms with van der Waals surface area (Å²) in [5, 5.41) is 11.0. The minimum atomic E-state index is -2.71. The van der Waals surface area contributed by atoms with E-state index in [0.717, 1.165) is 6.92 Å². The Hall–Kier alpha value is -1.96. The second-order valence-electron chi connectivity index (χ2n) is 8.24. The van der Waals surface area contributed by atoms with Crippen molar-refractivity contribution in [2.75, 3.05) is 19.8 Å². The van der Waals surface area contributed by atoms with Crippen molar-refractivity contribution in [3.8, 4) is 0 Å². The Morgan fingerprint density at radius 2 is 1.21 bits per heavy atom. The number of esters is 3. The maximum absolute atomic E-state index is 12.6. The maximum atomic E-state index is 12.6. The van der Waals surface area contributed by atoms with Crippen LogP contribution >= 0.6 is 0 Å². The molecular formula is C20H34O8. The molecule has 0 aromatic carbocycles. The van der Waals surface area contributed by atoms with Crippen LogP contribution in [0.15, 0.2) is 0 Å². The van der Waals surface area contributed by atoms with Crippen molar-refractivity contribution in [1.29, 1.82) is 0 Å². The summed E-state index contributed by atoms with van der Waals surface area (Å²) >= 11 is 0. The molecule has 0 radical (unpaired) electrons. The molecule has 28 heavy (non-hydrogen) atoms. The van der Waals surface area contributed by atoms with Crippen LogP contribution < -0.4 is 0 Å². The van der Waals surface area contributed by atoms with Crippen LogP contribution in [0.3, 0.4) is 0 Å². The fourth-order valence-corrected chi connectivity index (χ4v) is 2.22. The fourth-order valence-electron chi connectivity index (χ4n) is 2.22. The molecule has 0 aliphatic carbocycles. The minimum Gasteiger partial charge on any atom is -0.465 e. The molecule has 162 valence electrons. The molecule has 2 atom stereocenters. The van der Waals surface area contributed by atoms with Gasteiger partial charge < -0.3 is 19.3 Å². The van der Waals surface area contributed by atoms with Crippen molar-refractivity contribution in [2.24, 2.45) is 23.7 Å². The quantitative estimate of drug-likeness (QED) is 0.299. The normalized spacial score (nSPS) is 14.5. The summed E-state index contributed by atoms with van der Waals surface area (Å²) in [6.45, 7) is 11.8. The zero-order valence-electron chi connectivity index (χ0n) is 17.9. The van der Waals surface area contributed by atoms with Crippen LogP contribution in [0.5, 0.6) is 0 Å². The molecule has 0 amide bonds. The van der Waals surface area contributed by atoms with E-state index in [1.165, 1.54) is 0 Å². The van der Waals surface area contributed by atoms with Crippen molar-refractivity contribution in [1.82, 2.24) is 0 Å². The van der Waals surface area contributed by atoms with E-state index < -0.39 is 41.6 Å². The summed E-state index contributed by atoms with van der Waals surface area (Å²) in [7, 11) is 0. The van der Waals surface area contributed by atoms with E-state index in [1.54, 1.807) is 27.7 Å². The molecule has 0 rings (SSSR count). The average Bonchev–Trinajstić information content (AvgIpc) is 2.55. The number of ketones is 1. The summed E-state index contributed by atoms with van der Waals surface area (Å²) in [6, 6.07) is 0. The second-order valence-corrected chi connectivity index (χ2v) is 8.24. The average molecular weight is 402 g/mol. The lowest BCUT2D eigenvalue weighted by atomic mass is 9.81. The van der Waals surface area contributed by atoms with Crippen LogP contribution in [0.25, 0.3) is 0 Å². The zero-order valence-corrected chi connectivity index (χ0v) is 17.9. The van der Waals surface area contributed by atoms with E-state index in [0.29, 0.717) is 0 Å². The van der Waals surface area contributed by atoms with Gasteiger partial charge in [-0.05, 0) is 24.7 Å². The first-order valence-corrected chi connectivity index (χ1v) is 9.53. The van der Waals surface area contributed by atoms with Crippen molar-refractivity contribution in [2.45, 2.75) is 60.5 Å². The van der Waals surface area contributed by atoms with E-state index >= 15 is 0 Å². The molecule has 0 aromatic heterocycles. The summed E-state index contributed by atoms with van der Waals surface area (Å²) in [5.74, 6) is -5.97. The van der Waals surface area contributed by atoms with Gasteiger partial charge in [0.05, 0.1) is 26.2 Å². The Labute approximate surface area is 166 Å². The predicted octanol–water partition coefficient (Wildman–Crippen LogP) is 1.91. The van der Waals surface area contributed by atoms with Crippen molar-refractivity contribution < 1.29 is 38.5 Å². The molecule has 1 N–H and O–H groups in total. The largest absolute Gasteiger partial charge is 0.465 e. The van der Waals surface area contributed by atoms with Crippen molar-refractivity contribution in [3.05, 3.63) is 0 Å². The molecule has 0 aliphatic rings. The molecule has 0 saturated heterocycles. The van der Waals surface area contributed by atoms with Crippen LogP contribution in [0.4, 0.5) is 0 Å². The van der Waals surface area contributed by atoms with Crippen LogP contribution in [0.2, 0.25) is 0 Å². The first kappa shape index (κ1) is 26.0. The van der Waals surface area contributed by atoms with Gasteiger partial charge >= 0.3 is 17.9 Å². The first-order valence-electron chi connectivity index (χ1n) is 9.53. The molecule has 0 aromatic rings. The van der Waals surface area contributed by atoms with Crippen LogP contribution in [-0.2, 0) is 33.4 Å². The number of aliphatic hydroxyl groups is 1. The Morgan fingerprint density at radius 3 is 1.64 bits per heavy atom. The predicted molar refractivity (Wildman–Crippen MR) is 101 cm³/mol. The van der Waals surface area contributed by atoms with E-state index in [2.05, 4.69) is 0 Å². The van der Waals surface area contributed by atoms with Gasteiger partial charge in [0.25, 0.3) is 0 Å². The number of hydrogen-bond donors (Lipinski definition) is 1. The number of ether oxygens (including phenoxy) is 3. The van der Waals surface area contributed by atoms with E-state index in [9.17, 15) is 24.3 Å². The SMILES string of the molecule is CC(=O)C(C(=O)OCC(C)C)C(O)(CC(=O)OCC(C)C)C(=O)OCC(C)C. The number of hydrogen-bond acceptors (Lipinski definition) is 8. The number of rotatable bonds is 12. The van der Waals surface area contributed by atoms with Gasteiger partial charge in [-0.15, -0.1) is 0 Å². The maximum Gasteiger partial charge on any atom is 0.340 e. The third-order valence-corrected chi connectivity index (χ3v) is 3.57. The van der Waals surface area contributed by atoms with E-state index in [4.69, 9.17) is 14.2 Å². The third kappa shape index (κ3) is 8.82. The lowest BCUT2D eigenvalue weighted by Gasteiger charge is -2.31. The van der Waals surface area contributed by atoms with E-state index in [1.807, 2.05) is 13.8 Å². The van der Waals surface area contributed by atoms with Crippen LogP contribution in [0, 0.1) is 23.7 Å². The molecule has 2 unspecified atom stereocenters. The monoisotopic (exact) mass is 402 g/mol. The smallest absolute Gasteiger partial charge is 0.340 e. The molecule has 0 bridgehead atoms. The minimum absolute atomic E-state index is 0.00245. The highest BCUT2D eigenvalue weighted by atomic mass is 16.6. The zero-order chi connectivity index (χ0) is 22.1. The standard InChI is InChI=1S/C20H34O8/c1-12(2)9-26-16(22)8-20(25,19(24)28-11-14(5)6)17(15(7)21)18(23)27-10-13(3)4/h12-14,17,25H,8-11H2,1-7H3. The molecular weight excluding hydrogens is 368 g/mol. The van der Waals surface area contributed by atoms with Gasteiger partial charge in [-0.3, -0.25) is 14.4 Å². The second kappa shape index (κ2) is 11.8. The Bertz CT molecular complexity index is 552. The Balaban J connectivity index is 5.72. The Kier molecular flexibility index (Phi) is 11.0. The molecule has 0 spiro atoms. The highest BCUT2D eigenvalue weighted by Crippen LogP contribution is 2.28. The molecule has 0 saturated carbocycles. The number of carbonyl (C=O) groups excluding carboxylic acids is 4. The topological polar surface area (TPSA) is 116 Å². The van der Waals surface area contributed by atoms with Gasteiger partial charge in [0, 0.05) is 0 Å². The lowest BCUT2D eigenvalue weighted by Crippen LogP contribution is -2.55. The van der Waals surface area contributed by atoms with Gasteiger partial charge in [0.15, 0.2) is 11.5 Å². The fraction of sp³-hybridized carbons (Fsp3) is 0.800. The van der Waals surface area contributed by atoms with Crippen molar-refractivity contribution in [3.63, 3.8) is 0 Å². The number of carbonyl (C=O) groups is 4. The molecule has 0 fully saturated rings. The summed E-state index contributed by atoms with van der Waals surface area (Å²) in [6.07, 6.45) is -0.891. The van der Waals surface area contributed by atoms with E-state index in [-0.39, 0.29) is 37.6 Å². The molecule has 8 heteroatoms. The molecule has 0 heterocycles.